The molecule has 2 atom stereocenters. The van der Waals surface area contributed by atoms with Gasteiger partial charge in [-0.15, -0.1) is 0 Å². The van der Waals surface area contributed by atoms with Crippen molar-refractivity contribution in [2.45, 2.75) is 70.0 Å². The number of carbonyl (C=O) groups excluding carboxylic acids is 2. The van der Waals surface area contributed by atoms with Crippen molar-refractivity contribution in [3.05, 3.63) is 42.0 Å². The lowest BCUT2D eigenvalue weighted by Gasteiger charge is -2.38. The predicted octanol–water partition coefficient (Wildman–Crippen LogP) is 3.51. The fourth-order valence-electron chi connectivity index (χ4n) is 5.70. The van der Waals surface area contributed by atoms with Gasteiger partial charge in [0.1, 0.15) is 12.4 Å². The van der Waals surface area contributed by atoms with Gasteiger partial charge < -0.3 is 15.0 Å². The number of benzene rings is 1. The fraction of sp³-hybridized carbons (Fsp3) is 0.630. The zero-order valence-electron chi connectivity index (χ0n) is 19.6. The predicted molar refractivity (Wildman–Crippen MR) is 128 cm³/mol. The van der Waals surface area contributed by atoms with Crippen molar-refractivity contribution in [2.75, 3.05) is 26.2 Å². The summed E-state index contributed by atoms with van der Waals surface area (Å²) in [7, 11) is 0. The Hall–Kier alpha value is -2.34. The first kappa shape index (κ1) is 22.5. The largest absolute Gasteiger partial charge is 0.489 e. The average Bonchev–Trinajstić information content (AvgIpc) is 3.44. The van der Waals surface area contributed by atoms with Gasteiger partial charge in [0.2, 0.25) is 11.8 Å². The molecule has 2 bridgehead atoms. The monoisotopic (exact) mass is 451 g/mol. The van der Waals surface area contributed by atoms with Crippen LogP contribution in [-0.4, -0.2) is 59.9 Å². The molecule has 2 saturated carbocycles. The summed E-state index contributed by atoms with van der Waals surface area (Å²) in [5.74, 6) is 1.75. The van der Waals surface area contributed by atoms with Crippen LogP contribution in [0.4, 0.5) is 0 Å². The zero-order valence-corrected chi connectivity index (χ0v) is 19.6. The number of amides is 2. The molecular weight excluding hydrogens is 414 g/mol. The molecule has 178 valence electrons. The first-order valence-electron chi connectivity index (χ1n) is 12.8. The second kappa shape index (κ2) is 10.3. The van der Waals surface area contributed by atoms with Crippen LogP contribution in [0.25, 0.3) is 0 Å². The maximum atomic E-state index is 13.4. The Balaban J connectivity index is 1.35. The number of piperidine rings is 1. The van der Waals surface area contributed by atoms with Crippen LogP contribution in [-0.2, 0) is 16.1 Å². The number of fused-ring (bicyclic) bond motifs is 3. The van der Waals surface area contributed by atoms with Gasteiger partial charge >= 0.3 is 0 Å². The average molecular weight is 452 g/mol. The molecule has 2 aliphatic carbocycles. The summed E-state index contributed by atoms with van der Waals surface area (Å²) >= 11 is 0. The van der Waals surface area contributed by atoms with Crippen LogP contribution in [0.15, 0.2) is 36.4 Å². The Labute approximate surface area is 197 Å². The second-order valence-electron chi connectivity index (χ2n) is 10.3. The summed E-state index contributed by atoms with van der Waals surface area (Å²) in [6, 6.07) is 9.08. The molecule has 2 amide bonds. The molecule has 6 heteroatoms. The number of nitrogens with one attached hydrogen (secondary N) is 1. The van der Waals surface area contributed by atoms with Crippen LogP contribution in [0.1, 0.15) is 56.9 Å². The molecule has 0 aromatic heterocycles. The van der Waals surface area contributed by atoms with Crippen LogP contribution in [0, 0.1) is 11.8 Å². The highest BCUT2D eigenvalue weighted by Crippen LogP contribution is 2.31. The minimum Gasteiger partial charge on any atom is -0.489 e. The molecule has 3 fully saturated rings. The Morgan fingerprint density at radius 1 is 1.06 bits per heavy atom. The van der Waals surface area contributed by atoms with Gasteiger partial charge in [0.05, 0.1) is 6.54 Å². The summed E-state index contributed by atoms with van der Waals surface area (Å²) in [6.07, 6.45) is 12.7. The molecule has 5 rings (SSSR count). The topological polar surface area (TPSA) is 61.9 Å². The fourth-order valence-corrected chi connectivity index (χ4v) is 5.70. The first-order chi connectivity index (χ1) is 16.2. The number of ether oxygens (including phenoxy) is 1. The Morgan fingerprint density at radius 2 is 1.88 bits per heavy atom. The summed E-state index contributed by atoms with van der Waals surface area (Å²) < 4.78 is 6.16. The van der Waals surface area contributed by atoms with E-state index in [1.807, 2.05) is 17.0 Å². The number of rotatable bonds is 4. The molecule has 6 nitrogen and oxygen atoms in total. The smallest absolute Gasteiger partial charge is 0.236 e. The van der Waals surface area contributed by atoms with Crippen molar-refractivity contribution < 1.29 is 14.3 Å². The van der Waals surface area contributed by atoms with E-state index >= 15 is 0 Å². The van der Waals surface area contributed by atoms with E-state index < -0.39 is 0 Å². The summed E-state index contributed by atoms with van der Waals surface area (Å²) in [4.78, 5) is 30.3. The zero-order chi connectivity index (χ0) is 22.6. The van der Waals surface area contributed by atoms with Gasteiger partial charge in [0.25, 0.3) is 0 Å². The Kier molecular flexibility index (Phi) is 7.00. The number of para-hydroxylation sites is 1. The number of hydrogen-bond donors (Lipinski definition) is 1. The summed E-state index contributed by atoms with van der Waals surface area (Å²) in [6.45, 7) is 3.16. The van der Waals surface area contributed by atoms with Crippen LogP contribution in [0.3, 0.4) is 0 Å². The standard InChI is InChI=1S/C27H37N3O3/c31-26(28-23-11-12-23)16-20-13-14-29-17-21(20)7-5-15-33-25-10-4-1-6-22(25)18-30(19-27(29)32)24-8-2-3-9-24/h1,4-7,10,20-21,23-24H,2-3,8-9,11-19H2,(H,28,31)/t20-,21-/m0/s1. The molecule has 2 aliphatic heterocycles. The van der Waals surface area contributed by atoms with Crippen LogP contribution in [0.2, 0.25) is 0 Å². The van der Waals surface area contributed by atoms with E-state index in [1.165, 1.54) is 25.7 Å². The van der Waals surface area contributed by atoms with Gasteiger partial charge in [0, 0.05) is 43.7 Å². The second-order valence-corrected chi connectivity index (χ2v) is 10.3. The Bertz CT molecular complexity index is 875. The third-order valence-corrected chi connectivity index (χ3v) is 7.79. The SMILES string of the molecule is O=C(C[C@@H]1CCN2C[C@@H]1C=CCOc1ccccc1CN(C1CCCC1)CC2=O)NC1CC1. The molecule has 1 saturated heterocycles. The first-order valence-corrected chi connectivity index (χ1v) is 12.8. The highest BCUT2D eigenvalue weighted by molar-refractivity contribution is 5.79. The van der Waals surface area contributed by atoms with Crippen molar-refractivity contribution >= 4 is 11.8 Å². The molecule has 1 N–H and O–H groups in total. The van der Waals surface area contributed by atoms with E-state index in [9.17, 15) is 9.59 Å². The van der Waals surface area contributed by atoms with Gasteiger partial charge in [-0.05, 0) is 50.0 Å². The van der Waals surface area contributed by atoms with Gasteiger partial charge in [-0.1, -0.05) is 43.2 Å². The maximum absolute atomic E-state index is 13.4. The highest BCUT2D eigenvalue weighted by atomic mass is 16.5. The lowest BCUT2D eigenvalue weighted by molar-refractivity contribution is -0.135. The third-order valence-electron chi connectivity index (χ3n) is 7.79. The minimum atomic E-state index is 0.163. The van der Waals surface area contributed by atoms with Crippen LogP contribution in [0.5, 0.6) is 5.75 Å². The van der Waals surface area contributed by atoms with Gasteiger partial charge in [-0.3, -0.25) is 14.5 Å². The molecule has 0 unspecified atom stereocenters. The quantitative estimate of drug-likeness (QED) is 0.712. The molecule has 0 spiro atoms. The summed E-state index contributed by atoms with van der Waals surface area (Å²) in [5, 5.41) is 3.13. The molecule has 33 heavy (non-hydrogen) atoms. The third kappa shape index (κ3) is 5.78. The maximum Gasteiger partial charge on any atom is 0.236 e. The highest BCUT2D eigenvalue weighted by Gasteiger charge is 2.34. The van der Waals surface area contributed by atoms with Crippen LogP contribution < -0.4 is 10.1 Å². The molecule has 1 aromatic rings. The lowest BCUT2D eigenvalue weighted by Crippen LogP contribution is -2.49. The van der Waals surface area contributed by atoms with Gasteiger partial charge in [-0.2, -0.15) is 0 Å². The van der Waals surface area contributed by atoms with Crippen molar-refractivity contribution in [3.63, 3.8) is 0 Å². The normalized spacial score (nSPS) is 27.2. The lowest BCUT2D eigenvalue weighted by atomic mass is 9.82. The van der Waals surface area contributed by atoms with Crippen molar-refractivity contribution in [2.24, 2.45) is 11.8 Å². The van der Waals surface area contributed by atoms with Crippen molar-refractivity contribution in [1.29, 1.82) is 0 Å². The molecule has 2 heterocycles. The minimum absolute atomic E-state index is 0.163. The van der Waals surface area contributed by atoms with Crippen molar-refractivity contribution in [3.8, 4) is 5.75 Å². The molecule has 0 radical (unpaired) electrons. The van der Waals surface area contributed by atoms with Gasteiger partial charge in [-0.25, -0.2) is 0 Å². The van der Waals surface area contributed by atoms with E-state index in [2.05, 4.69) is 34.5 Å². The Morgan fingerprint density at radius 3 is 2.70 bits per heavy atom. The van der Waals surface area contributed by atoms with E-state index in [-0.39, 0.29) is 23.7 Å². The van der Waals surface area contributed by atoms with Crippen molar-refractivity contribution in [1.82, 2.24) is 15.1 Å². The van der Waals surface area contributed by atoms with E-state index in [0.29, 0.717) is 38.2 Å². The molecular formula is C27H37N3O3. The van der Waals surface area contributed by atoms with Gasteiger partial charge in [0.15, 0.2) is 0 Å². The molecule has 4 aliphatic rings. The summed E-state index contributed by atoms with van der Waals surface area (Å²) in [5.41, 5.74) is 1.15. The van der Waals surface area contributed by atoms with E-state index in [4.69, 9.17) is 4.74 Å². The molecule has 1 aromatic carbocycles. The number of nitrogens with zero attached hydrogens (tertiary/aromatic N) is 2. The van der Waals surface area contributed by atoms with Crippen LogP contribution >= 0.6 is 0 Å². The van der Waals surface area contributed by atoms with E-state index in [0.717, 1.165) is 43.7 Å². The number of hydrogen-bond acceptors (Lipinski definition) is 4. The number of carbonyl (C=O) groups is 2. The van der Waals surface area contributed by atoms with E-state index in [1.54, 1.807) is 0 Å².